The van der Waals surface area contributed by atoms with Crippen LogP contribution in [0.4, 0.5) is 20.6 Å². The van der Waals surface area contributed by atoms with E-state index in [2.05, 4.69) is 10.3 Å². The molecule has 0 aromatic heterocycles. The van der Waals surface area contributed by atoms with E-state index in [-0.39, 0.29) is 5.69 Å². The van der Waals surface area contributed by atoms with E-state index in [1.54, 1.807) is 24.3 Å². The van der Waals surface area contributed by atoms with Crippen molar-refractivity contribution in [1.82, 2.24) is 5.32 Å². The molecule has 1 aliphatic rings. The highest BCUT2D eigenvalue weighted by atomic mass is 35.5. The van der Waals surface area contributed by atoms with Crippen molar-refractivity contribution < 1.29 is 18.8 Å². The van der Waals surface area contributed by atoms with Crippen LogP contribution in [-0.2, 0) is 9.59 Å². The highest BCUT2D eigenvalue weighted by Gasteiger charge is 2.40. The second-order valence-corrected chi connectivity index (χ2v) is 5.61. The van der Waals surface area contributed by atoms with Gasteiger partial charge >= 0.3 is 6.03 Å². The SMILES string of the molecule is O=C1NC(=O)N(c2ccc(F)cc2)C(=O)[C@H]1C=Nc1ccc(Cl)cc1. The number of imide groups is 2. The molecule has 2 aromatic rings. The van der Waals surface area contributed by atoms with Crippen LogP contribution in [0.2, 0.25) is 5.02 Å². The van der Waals surface area contributed by atoms with Gasteiger partial charge < -0.3 is 0 Å². The summed E-state index contributed by atoms with van der Waals surface area (Å²) in [5, 5.41) is 2.62. The number of nitrogens with one attached hydrogen (secondary N) is 1. The first kappa shape index (κ1) is 16.8. The van der Waals surface area contributed by atoms with Crippen LogP contribution in [0.15, 0.2) is 53.5 Å². The van der Waals surface area contributed by atoms with Gasteiger partial charge in [0.2, 0.25) is 5.91 Å². The van der Waals surface area contributed by atoms with E-state index in [0.717, 1.165) is 23.2 Å². The Hall–Kier alpha value is -3.06. The lowest BCUT2D eigenvalue weighted by molar-refractivity contribution is -0.131. The molecule has 8 heteroatoms. The van der Waals surface area contributed by atoms with Crippen molar-refractivity contribution in [3.8, 4) is 0 Å². The summed E-state index contributed by atoms with van der Waals surface area (Å²) >= 11 is 5.78. The molecule has 6 nitrogen and oxygen atoms in total. The minimum atomic E-state index is -1.28. The Morgan fingerprint density at radius 1 is 1.04 bits per heavy atom. The van der Waals surface area contributed by atoms with Crippen LogP contribution < -0.4 is 10.2 Å². The Morgan fingerprint density at radius 2 is 1.68 bits per heavy atom. The van der Waals surface area contributed by atoms with Crippen molar-refractivity contribution in [2.45, 2.75) is 0 Å². The predicted molar refractivity (Wildman–Crippen MR) is 90.5 cm³/mol. The molecule has 0 unspecified atom stereocenters. The van der Waals surface area contributed by atoms with E-state index in [0.29, 0.717) is 10.7 Å². The number of rotatable bonds is 3. The van der Waals surface area contributed by atoms with E-state index in [1.807, 2.05) is 0 Å². The number of carbonyl (C=O) groups is 3. The van der Waals surface area contributed by atoms with Crippen LogP contribution in [0.25, 0.3) is 0 Å². The maximum Gasteiger partial charge on any atom is 0.335 e. The van der Waals surface area contributed by atoms with E-state index in [9.17, 15) is 18.8 Å². The first-order chi connectivity index (χ1) is 12.0. The number of anilines is 1. The zero-order valence-corrected chi connectivity index (χ0v) is 13.4. The lowest BCUT2D eigenvalue weighted by Crippen LogP contribution is -2.58. The molecular weight excluding hydrogens is 349 g/mol. The van der Waals surface area contributed by atoms with Gasteiger partial charge in [0.15, 0.2) is 5.92 Å². The highest BCUT2D eigenvalue weighted by Crippen LogP contribution is 2.21. The molecule has 0 aliphatic carbocycles. The van der Waals surface area contributed by atoms with Gasteiger partial charge in [0, 0.05) is 11.2 Å². The van der Waals surface area contributed by atoms with Crippen LogP contribution in [0.3, 0.4) is 0 Å². The molecule has 126 valence electrons. The molecule has 1 saturated heterocycles. The average Bonchev–Trinajstić information content (AvgIpc) is 2.57. The molecule has 1 atom stereocenters. The fourth-order valence-corrected chi connectivity index (χ4v) is 2.37. The monoisotopic (exact) mass is 359 g/mol. The molecule has 1 fully saturated rings. The molecule has 1 aliphatic heterocycles. The van der Waals surface area contributed by atoms with Crippen molar-refractivity contribution in [2.75, 3.05) is 4.90 Å². The van der Waals surface area contributed by atoms with Crippen molar-refractivity contribution in [3.05, 3.63) is 59.4 Å². The van der Waals surface area contributed by atoms with Gasteiger partial charge in [0.05, 0.1) is 11.4 Å². The second kappa shape index (κ2) is 6.82. The number of halogens is 2. The van der Waals surface area contributed by atoms with Crippen LogP contribution in [-0.4, -0.2) is 24.1 Å². The van der Waals surface area contributed by atoms with Crippen molar-refractivity contribution in [1.29, 1.82) is 0 Å². The molecule has 4 amide bonds. The van der Waals surface area contributed by atoms with Crippen LogP contribution in [0, 0.1) is 11.7 Å². The second-order valence-electron chi connectivity index (χ2n) is 5.18. The van der Waals surface area contributed by atoms with Crippen molar-refractivity contribution in [2.24, 2.45) is 10.9 Å². The fraction of sp³-hybridized carbons (Fsp3) is 0.0588. The quantitative estimate of drug-likeness (QED) is 0.675. The summed E-state index contributed by atoms with van der Waals surface area (Å²) in [6.07, 6.45) is 1.16. The van der Waals surface area contributed by atoms with E-state index in [4.69, 9.17) is 11.6 Å². The Balaban J connectivity index is 1.87. The van der Waals surface area contributed by atoms with Gasteiger partial charge in [0.1, 0.15) is 5.82 Å². The summed E-state index contributed by atoms with van der Waals surface area (Å²) in [6.45, 7) is 0. The zero-order chi connectivity index (χ0) is 18.0. The van der Waals surface area contributed by atoms with Gasteiger partial charge in [0.25, 0.3) is 5.91 Å². The molecular formula is C17H11ClFN3O3. The van der Waals surface area contributed by atoms with E-state index < -0.39 is 29.6 Å². The number of urea groups is 1. The van der Waals surface area contributed by atoms with Gasteiger partial charge in [-0.25, -0.2) is 14.1 Å². The maximum atomic E-state index is 13.0. The van der Waals surface area contributed by atoms with Crippen molar-refractivity contribution >= 4 is 47.0 Å². The summed E-state index contributed by atoms with van der Waals surface area (Å²) in [5.74, 6) is -3.33. The Kier molecular flexibility index (Phi) is 4.58. The summed E-state index contributed by atoms with van der Waals surface area (Å²) in [6, 6.07) is 10.4. The third-order valence-electron chi connectivity index (χ3n) is 3.49. The van der Waals surface area contributed by atoms with Crippen molar-refractivity contribution in [3.63, 3.8) is 0 Å². The molecule has 2 aromatic carbocycles. The van der Waals surface area contributed by atoms with Gasteiger partial charge in [-0.2, -0.15) is 0 Å². The molecule has 0 saturated carbocycles. The normalized spacial score (nSPS) is 17.9. The van der Waals surface area contributed by atoms with Crippen LogP contribution in [0.1, 0.15) is 0 Å². The number of aliphatic imine (C=N–C) groups is 1. The summed E-state index contributed by atoms with van der Waals surface area (Å²) < 4.78 is 13.0. The Bertz CT molecular complexity index is 866. The minimum absolute atomic E-state index is 0.154. The van der Waals surface area contributed by atoms with Gasteiger partial charge in [-0.05, 0) is 48.5 Å². The Labute approximate surface area is 146 Å². The highest BCUT2D eigenvalue weighted by molar-refractivity contribution is 6.32. The van der Waals surface area contributed by atoms with Gasteiger partial charge in [-0.15, -0.1) is 0 Å². The predicted octanol–water partition coefficient (Wildman–Crippen LogP) is 3.08. The Morgan fingerprint density at radius 3 is 2.32 bits per heavy atom. The number of benzene rings is 2. The van der Waals surface area contributed by atoms with Gasteiger partial charge in [-0.1, -0.05) is 11.6 Å². The maximum absolute atomic E-state index is 13.0. The number of barbiturate groups is 1. The van der Waals surface area contributed by atoms with Gasteiger partial charge in [-0.3, -0.25) is 19.9 Å². The van der Waals surface area contributed by atoms with E-state index >= 15 is 0 Å². The average molecular weight is 360 g/mol. The third-order valence-corrected chi connectivity index (χ3v) is 3.74. The summed E-state index contributed by atoms with van der Waals surface area (Å²) in [5.41, 5.74) is 0.650. The minimum Gasteiger partial charge on any atom is -0.276 e. The number of hydrogen-bond acceptors (Lipinski definition) is 4. The molecule has 0 bridgehead atoms. The van der Waals surface area contributed by atoms with Crippen LogP contribution >= 0.6 is 11.6 Å². The summed E-state index contributed by atoms with van der Waals surface area (Å²) in [4.78, 5) is 41.3. The first-order valence-corrected chi connectivity index (χ1v) is 7.57. The molecule has 1 N–H and O–H groups in total. The lowest BCUT2D eigenvalue weighted by Gasteiger charge is -2.28. The number of carbonyl (C=O) groups excluding carboxylic acids is 3. The molecule has 0 radical (unpaired) electrons. The zero-order valence-electron chi connectivity index (χ0n) is 12.6. The first-order valence-electron chi connectivity index (χ1n) is 7.20. The number of amides is 4. The summed E-state index contributed by atoms with van der Waals surface area (Å²) in [7, 11) is 0. The molecule has 0 spiro atoms. The standard InChI is InChI=1S/C17H11ClFN3O3/c18-10-1-5-12(6-2-10)20-9-14-15(23)21-17(25)22(16(14)24)13-7-3-11(19)4-8-13/h1-9,14H,(H,21,23,25)/t14-/m0/s1. The third kappa shape index (κ3) is 3.56. The number of hydrogen-bond donors (Lipinski definition) is 1. The lowest BCUT2D eigenvalue weighted by atomic mass is 10.1. The smallest absolute Gasteiger partial charge is 0.276 e. The molecule has 1 heterocycles. The largest absolute Gasteiger partial charge is 0.335 e. The molecule has 3 rings (SSSR count). The topological polar surface area (TPSA) is 78.8 Å². The molecule has 25 heavy (non-hydrogen) atoms. The van der Waals surface area contributed by atoms with E-state index in [1.165, 1.54) is 12.1 Å². The fourth-order valence-electron chi connectivity index (χ4n) is 2.24. The number of nitrogens with zero attached hydrogens (tertiary/aromatic N) is 2. The van der Waals surface area contributed by atoms with Crippen LogP contribution in [0.5, 0.6) is 0 Å².